The van der Waals surface area contributed by atoms with Gasteiger partial charge in [0.05, 0.1) is 0 Å². The number of rotatable bonds is 4. The Labute approximate surface area is 177 Å². The summed E-state index contributed by atoms with van der Waals surface area (Å²) in [6.45, 7) is 0. The number of aromatic amines is 2. The van der Waals surface area contributed by atoms with E-state index in [4.69, 9.17) is 17.3 Å². The van der Waals surface area contributed by atoms with Crippen molar-refractivity contribution in [3.63, 3.8) is 0 Å². The molecular weight excluding hydrogens is 404 g/mol. The third-order valence-corrected chi connectivity index (χ3v) is 5.79. The third kappa shape index (κ3) is 4.16. The summed E-state index contributed by atoms with van der Waals surface area (Å²) in [6, 6.07) is 16.1. The van der Waals surface area contributed by atoms with Gasteiger partial charge in [0.1, 0.15) is 11.4 Å². The first-order valence-electron chi connectivity index (χ1n) is 9.69. The number of nitrogens with two attached hydrogens (primary N) is 1. The number of aromatic nitrogens is 2. The van der Waals surface area contributed by atoms with Crippen LogP contribution in [0.4, 0.5) is 5.69 Å². The summed E-state index contributed by atoms with van der Waals surface area (Å²) in [6.07, 6.45) is 2.52. The standard InChI is InChI=1S/C22H21ClN4O3/c23-16-8-5-13(6-9-16)12-1-3-14(4-2-12)15-7-10-17(11-15)25-21(29)19-18(24)20(28)27-22(30)26-19/h1-6,8-9,15,17H,7,10-11,24H2,(H,25,29)(H2,26,27,28,30)/t15-,17+/m1/s1. The minimum atomic E-state index is -0.769. The number of nitrogens with one attached hydrogen (secondary N) is 3. The number of halogens is 1. The van der Waals surface area contributed by atoms with Crippen LogP contribution in [0.5, 0.6) is 0 Å². The summed E-state index contributed by atoms with van der Waals surface area (Å²) in [5.74, 6) is -0.218. The van der Waals surface area contributed by atoms with Crippen LogP contribution < -0.4 is 22.3 Å². The van der Waals surface area contributed by atoms with Gasteiger partial charge < -0.3 is 16.0 Å². The number of benzene rings is 2. The Hall–Kier alpha value is -3.32. The zero-order chi connectivity index (χ0) is 21.3. The van der Waals surface area contributed by atoms with E-state index in [2.05, 4.69) is 34.6 Å². The molecule has 0 bridgehead atoms. The highest BCUT2D eigenvalue weighted by Crippen LogP contribution is 2.35. The summed E-state index contributed by atoms with van der Waals surface area (Å²) in [4.78, 5) is 39.8. The van der Waals surface area contributed by atoms with Crippen molar-refractivity contribution in [2.75, 3.05) is 5.73 Å². The van der Waals surface area contributed by atoms with Gasteiger partial charge in [-0.3, -0.25) is 14.6 Å². The number of H-pyrrole nitrogens is 2. The molecule has 1 amide bonds. The molecule has 0 unspecified atom stereocenters. The molecule has 8 heteroatoms. The van der Waals surface area contributed by atoms with Crippen molar-refractivity contribution in [2.24, 2.45) is 0 Å². The molecule has 0 spiro atoms. The van der Waals surface area contributed by atoms with Gasteiger partial charge in [0.2, 0.25) is 0 Å². The van der Waals surface area contributed by atoms with Gasteiger partial charge in [-0.15, -0.1) is 0 Å². The van der Waals surface area contributed by atoms with Crippen molar-refractivity contribution < 1.29 is 4.79 Å². The second-order valence-corrected chi connectivity index (χ2v) is 7.94. The highest BCUT2D eigenvalue weighted by molar-refractivity contribution is 6.30. The topological polar surface area (TPSA) is 121 Å². The molecule has 5 N–H and O–H groups in total. The van der Waals surface area contributed by atoms with E-state index in [9.17, 15) is 14.4 Å². The molecule has 1 aliphatic rings. The van der Waals surface area contributed by atoms with Crippen molar-refractivity contribution in [1.82, 2.24) is 15.3 Å². The summed E-state index contributed by atoms with van der Waals surface area (Å²) in [7, 11) is 0. The Morgan fingerprint density at radius 1 is 0.967 bits per heavy atom. The lowest BCUT2D eigenvalue weighted by atomic mass is 9.95. The Balaban J connectivity index is 1.42. The van der Waals surface area contributed by atoms with Gasteiger partial charge >= 0.3 is 5.69 Å². The quantitative estimate of drug-likeness (QED) is 0.514. The van der Waals surface area contributed by atoms with Crippen LogP contribution >= 0.6 is 11.6 Å². The van der Waals surface area contributed by atoms with E-state index < -0.39 is 17.2 Å². The molecule has 30 heavy (non-hydrogen) atoms. The average molecular weight is 425 g/mol. The predicted octanol–water partition coefficient (Wildman–Crippen LogP) is 3.03. The number of hydrogen-bond acceptors (Lipinski definition) is 4. The average Bonchev–Trinajstić information content (AvgIpc) is 3.20. The first kappa shape index (κ1) is 20.0. The monoisotopic (exact) mass is 424 g/mol. The van der Waals surface area contributed by atoms with Gasteiger partial charge in [0.15, 0.2) is 0 Å². The molecule has 1 fully saturated rings. The highest BCUT2D eigenvalue weighted by Gasteiger charge is 2.28. The van der Waals surface area contributed by atoms with Gasteiger partial charge in [0.25, 0.3) is 11.5 Å². The maximum atomic E-state index is 12.5. The largest absolute Gasteiger partial charge is 0.392 e. The molecule has 0 aliphatic heterocycles. The predicted molar refractivity (Wildman–Crippen MR) is 117 cm³/mol. The van der Waals surface area contributed by atoms with Crippen LogP contribution in [-0.2, 0) is 0 Å². The molecule has 1 heterocycles. The first-order valence-corrected chi connectivity index (χ1v) is 10.1. The van der Waals surface area contributed by atoms with Gasteiger partial charge in [-0.2, -0.15) is 0 Å². The van der Waals surface area contributed by atoms with E-state index >= 15 is 0 Å². The SMILES string of the molecule is Nc1c(C(=O)N[C@H]2CC[C@@H](c3ccc(-c4ccc(Cl)cc4)cc3)C2)[nH]c(=O)[nH]c1=O. The van der Waals surface area contributed by atoms with E-state index in [1.54, 1.807) is 0 Å². The lowest BCUT2D eigenvalue weighted by molar-refractivity contribution is 0.0933. The van der Waals surface area contributed by atoms with E-state index in [1.165, 1.54) is 5.56 Å². The first-order chi connectivity index (χ1) is 14.4. The number of nitrogen functional groups attached to an aromatic ring is 1. The number of amides is 1. The van der Waals surface area contributed by atoms with Gasteiger partial charge in [-0.05, 0) is 54.0 Å². The zero-order valence-electron chi connectivity index (χ0n) is 16.1. The van der Waals surface area contributed by atoms with E-state index in [0.29, 0.717) is 10.9 Å². The van der Waals surface area contributed by atoms with Crippen LogP contribution in [0.2, 0.25) is 5.02 Å². The Morgan fingerprint density at radius 3 is 2.27 bits per heavy atom. The Kier molecular flexibility index (Phi) is 5.46. The molecule has 2 aromatic carbocycles. The Bertz CT molecular complexity index is 1180. The molecule has 154 valence electrons. The maximum Gasteiger partial charge on any atom is 0.326 e. The summed E-state index contributed by atoms with van der Waals surface area (Å²) >= 11 is 5.95. The lowest BCUT2D eigenvalue weighted by Crippen LogP contribution is -2.37. The molecule has 0 radical (unpaired) electrons. The lowest BCUT2D eigenvalue weighted by Gasteiger charge is -2.14. The number of anilines is 1. The molecule has 7 nitrogen and oxygen atoms in total. The van der Waals surface area contributed by atoms with Crippen LogP contribution in [0.25, 0.3) is 11.1 Å². The molecule has 1 aromatic heterocycles. The van der Waals surface area contributed by atoms with Gasteiger partial charge in [-0.25, -0.2) is 4.79 Å². The van der Waals surface area contributed by atoms with Crippen molar-refractivity contribution in [3.8, 4) is 11.1 Å². The zero-order valence-corrected chi connectivity index (χ0v) is 16.8. The summed E-state index contributed by atoms with van der Waals surface area (Å²) < 4.78 is 0. The van der Waals surface area contributed by atoms with Crippen molar-refractivity contribution in [2.45, 2.75) is 31.2 Å². The normalized spacial score (nSPS) is 18.3. The fourth-order valence-electron chi connectivity index (χ4n) is 3.94. The molecule has 3 aromatic rings. The minimum absolute atomic E-state index is 0.0550. The van der Waals surface area contributed by atoms with E-state index in [1.807, 2.05) is 29.2 Å². The molecule has 1 saturated carbocycles. The second-order valence-electron chi connectivity index (χ2n) is 7.51. The number of carbonyl (C=O) groups excluding carboxylic acids is 1. The van der Waals surface area contributed by atoms with E-state index in [0.717, 1.165) is 30.4 Å². The maximum absolute atomic E-state index is 12.5. The molecular formula is C22H21ClN4O3. The molecule has 0 saturated heterocycles. The van der Waals surface area contributed by atoms with Gasteiger partial charge in [0, 0.05) is 11.1 Å². The number of carbonyl (C=O) groups is 1. The minimum Gasteiger partial charge on any atom is -0.392 e. The highest BCUT2D eigenvalue weighted by atomic mass is 35.5. The fourth-order valence-corrected chi connectivity index (χ4v) is 4.06. The van der Waals surface area contributed by atoms with Crippen molar-refractivity contribution >= 4 is 23.2 Å². The molecule has 1 aliphatic carbocycles. The number of hydrogen-bond donors (Lipinski definition) is 4. The van der Waals surface area contributed by atoms with Crippen molar-refractivity contribution in [1.29, 1.82) is 0 Å². The Morgan fingerprint density at radius 2 is 1.60 bits per heavy atom. The third-order valence-electron chi connectivity index (χ3n) is 5.53. The van der Waals surface area contributed by atoms with Crippen LogP contribution in [0.15, 0.2) is 58.1 Å². The van der Waals surface area contributed by atoms with Crippen molar-refractivity contribution in [3.05, 3.63) is 85.6 Å². The van der Waals surface area contributed by atoms with Gasteiger partial charge in [-0.1, -0.05) is 48.0 Å². The molecule has 4 rings (SSSR count). The fraction of sp³-hybridized carbons (Fsp3) is 0.227. The van der Waals surface area contributed by atoms with Crippen LogP contribution in [0.1, 0.15) is 41.2 Å². The summed E-state index contributed by atoms with van der Waals surface area (Å²) in [5.41, 5.74) is 7.05. The second kappa shape index (κ2) is 8.20. The van der Waals surface area contributed by atoms with Crippen LogP contribution in [0.3, 0.4) is 0 Å². The summed E-state index contributed by atoms with van der Waals surface area (Å²) in [5, 5.41) is 3.59. The van der Waals surface area contributed by atoms with E-state index in [-0.39, 0.29) is 17.4 Å². The van der Waals surface area contributed by atoms with Crippen LogP contribution in [-0.4, -0.2) is 21.9 Å². The molecule has 2 atom stereocenters. The smallest absolute Gasteiger partial charge is 0.326 e. The van der Waals surface area contributed by atoms with Crippen LogP contribution in [0, 0.1) is 0 Å².